The van der Waals surface area contributed by atoms with Crippen molar-refractivity contribution in [2.75, 3.05) is 7.11 Å². The second-order valence-corrected chi connectivity index (χ2v) is 7.76. The van der Waals surface area contributed by atoms with Crippen LogP contribution >= 0.6 is 0 Å². The minimum absolute atomic E-state index is 0.0751. The minimum Gasteiger partial charge on any atom is -0.497 e. The van der Waals surface area contributed by atoms with Gasteiger partial charge in [0.1, 0.15) is 17.4 Å². The topological polar surface area (TPSA) is 57.2 Å². The molecule has 0 aliphatic rings. The molecule has 0 bridgehead atoms. The number of primary amides is 1. The number of methoxy groups -OCH3 is 1. The highest BCUT2D eigenvalue weighted by Crippen LogP contribution is 2.35. The molecule has 4 aromatic carbocycles. The predicted octanol–water partition coefficient (Wildman–Crippen LogP) is 5.70. The number of ether oxygens (including phenoxy) is 1. The number of nitrogens with two attached hydrogens (primary N) is 1. The van der Waals surface area contributed by atoms with E-state index in [1.165, 1.54) is 6.07 Å². The van der Waals surface area contributed by atoms with Gasteiger partial charge < -0.3 is 15.0 Å². The molecule has 1 heterocycles. The van der Waals surface area contributed by atoms with Crippen molar-refractivity contribution in [1.82, 2.24) is 4.57 Å². The fourth-order valence-electron chi connectivity index (χ4n) is 4.22. The van der Waals surface area contributed by atoms with E-state index in [2.05, 4.69) is 6.07 Å². The van der Waals surface area contributed by atoms with Crippen molar-refractivity contribution in [1.29, 1.82) is 0 Å². The highest BCUT2D eigenvalue weighted by atomic mass is 19.1. The number of rotatable bonds is 5. The van der Waals surface area contributed by atoms with Crippen molar-refractivity contribution in [2.24, 2.45) is 5.73 Å². The number of fused-ring (bicyclic) bond motifs is 3. The third-order valence-electron chi connectivity index (χ3n) is 5.82. The first-order valence-electron chi connectivity index (χ1n) is 10.3. The van der Waals surface area contributed by atoms with E-state index in [1.807, 2.05) is 47.0 Å². The van der Waals surface area contributed by atoms with Gasteiger partial charge in [0.2, 0.25) is 5.91 Å². The highest BCUT2D eigenvalue weighted by Gasteiger charge is 2.18. The van der Waals surface area contributed by atoms with Gasteiger partial charge in [-0.05, 0) is 71.8 Å². The molecular weight excluding hydrogens is 422 g/mol. The van der Waals surface area contributed by atoms with E-state index < -0.39 is 17.5 Å². The number of aromatic nitrogens is 1. The van der Waals surface area contributed by atoms with Crippen molar-refractivity contribution >= 4 is 27.7 Å². The average Bonchev–Trinajstić information content (AvgIpc) is 3.14. The second-order valence-electron chi connectivity index (χ2n) is 7.76. The zero-order valence-electron chi connectivity index (χ0n) is 17.7. The van der Waals surface area contributed by atoms with E-state index in [-0.39, 0.29) is 12.1 Å². The van der Waals surface area contributed by atoms with Crippen molar-refractivity contribution < 1.29 is 18.3 Å². The molecule has 0 saturated carbocycles. The van der Waals surface area contributed by atoms with Gasteiger partial charge in [0.15, 0.2) is 0 Å². The van der Waals surface area contributed by atoms with Crippen LogP contribution in [-0.2, 0) is 6.54 Å². The SMILES string of the molecule is COc1ccc(-c2c[c]c3c4c(C(N)=O)cccc4n(Cc4cc(F)ccc4F)c3c2)cc1. The molecule has 163 valence electrons. The minimum atomic E-state index is -0.566. The van der Waals surface area contributed by atoms with Crippen LogP contribution in [0.2, 0.25) is 0 Å². The second kappa shape index (κ2) is 8.06. The number of carbonyl (C=O) groups is 1. The fourth-order valence-corrected chi connectivity index (χ4v) is 4.22. The number of hydrogen-bond acceptors (Lipinski definition) is 2. The molecule has 0 unspecified atom stereocenters. The molecule has 6 heteroatoms. The van der Waals surface area contributed by atoms with Gasteiger partial charge in [-0.15, -0.1) is 0 Å². The molecule has 0 spiro atoms. The molecule has 1 radical (unpaired) electrons. The van der Waals surface area contributed by atoms with Crippen LogP contribution in [0.4, 0.5) is 8.78 Å². The average molecular weight is 441 g/mol. The normalized spacial score (nSPS) is 11.2. The molecule has 0 fully saturated rings. The summed E-state index contributed by atoms with van der Waals surface area (Å²) in [5.41, 5.74) is 9.44. The van der Waals surface area contributed by atoms with E-state index in [0.717, 1.165) is 34.5 Å². The lowest BCUT2D eigenvalue weighted by molar-refractivity contribution is 0.100. The van der Waals surface area contributed by atoms with Gasteiger partial charge in [-0.1, -0.05) is 18.2 Å². The largest absolute Gasteiger partial charge is 0.497 e. The van der Waals surface area contributed by atoms with Gasteiger partial charge in [0.05, 0.1) is 24.7 Å². The molecule has 1 aromatic heterocycles. The van der Waals surface area contributed by atoms with Gasteiger partial charge in [-0.2, -0.15) is 0 Å². The first-order valence-corrected chi connectivity index (χ1v) is 10.3. The van der Waals surface area contributed by atoms with E-state index in [1.54, 1.807) is 19.2 Å². The van der Waals surface area contributed by atoms with Crippen LogP contribution in [0.15, 0.2) is 72.8 Å². The summed E-state index contributed by atoms with van der Waals surface area (Å²) >= 11 is 0. The molecule has 0 atom stereocenters. The number of benzene rings is 4. The summed E-state index contributed by atoms with van der Waals surface area (Å²) < 4.78 is 35.5. The Morgan fingerprint density at radius 1 is 1.00 bits per heavy atom. The maximum absolute atomic E-state index is 14.5. The zero-order chi connectivity index (χ0) is 23.1. The number of halogens is 2. The standard InChI is InChI=1S/C27H19F2N2O2/c1-33-20-9-5-16(6-10-20)17-7-11-21-25(14-17)31(15-18-13-19(28)8-12-23(18)29)24-4-2-3-22(26(21)24)27(30)32/h2-10,12-14H,15H2,1H3,(H2,30,32). The van der Waals surface area contributed by atoms with Crippen molar-refractivity contribution in [3.8, 4) is 16.9 Å². The van der Waals surface area contributed by atoms with Crippen LogP contribution in [0, 0.1) is 17.7 Å². The molecule has 4 nitrogen and oxygen atoms in total. The van der Waals surface area contributed by atoms with Crippen molar-refractivity contribution in [2.45, 2.75) is 6.54 Å². The summed E-state index contributed by atoms with van der Waals surface area (Å²) in [5, 5.41) is 1.33. The Bertz CT molecular complexity index is 1520. The van der Waals surface area contributed by atoms with Gasteiger partial charge >= 0.3 is 0 Å². The Kier molecular flexibility index (Phi) is 5.05. The van der Waals surface area contributed by atoms with E-state index in [0.29, 0.717) is 21.9 Å². The Labute approximate surface area is 188 Å². The van der Waals surface area contributed by atoms with Crippen LogP contribution < -0.4 is 10.5 Å². The number of hydrogen-bond donors (Lipinski definition) is 1. The fraction of sp³-hybridized carbons (Fsp3) is 0.0741. The molecule has 2 N–H and O–H groups in total. The third-order valence-corrected chi connectivity index (χ3v) is 5.82. The summed E-state index contributed by atoms with van der Waals surface area (Å²) in [6.07, 6.45) is 0. The maximum Gasteiger partial charge on any atom is 0.249 e. The number of carbonyl (C=O) groups excluding carboxylic acids is 1. The smallest absolute Gasteiger partial charge is 0.249 e. The van der Waals surface area contributed by atoms with Gasteiger partial charge in [0.25, 0.3) is 0 Å². The summed E-state index contributed by atoms with van der Waals surface area (Å²) in [4.78, 5) is 12.2. The summed E-state index contributed by atoms with van der Waals surface area (Å²) in [6, 6.07) is 23.3. The maximum atomic E-state index is 14.5. The summed E-state index contributed by atoms with van der Waals surface area (Å²) in [5.74, 6) is -0.849. The van der Waals surface area contributed by atoms with E-state index in [9.17, 15) is 13.6 Å². The Balaban J connectivity index is 1.78. The molecule has 33 heavy (non-hydrogen) atoms. The van der Waals surface area contributed by atoms with Crippen LogP contribution in [0.25, 0.3) is 32.9 Å². The van der Waals surface area contributed by atoms with E-state index in [4.69, 9.17) is 10.5 Å². The van der Waals surface area contributed by atoms with Crippen LogP contribution in [-0.4, -0.2) is 17.6 Å². The van der Waals surface area contributed by atoms with Gasteiger partial charge in [-0.25, -0.2) is 8.78 Å². The summed E-state index contributed by atoms with van der Waals surface area (Å²) in [6.45, 7) is 0.0751. The first kappa shape index (κ1) is 20.7. The zero-order valence-corrected chi connectivity index (χ0v) is 17.7. The first-order chi connectivity index (χ1) is 16.0. The lowest BCUT2D eigenvalue weighted by Crippen LogP contribution is -2.11. The Morgan fingerprint density at radius 3 is 2.52 bits per heavy atom. The monoisotopic (exact) mass is 441 g/mol. The molecule has 0 aliphatic heterocycles. The Hall–Kier alpha value is -4.19. The molecule has 5 aromatic rings. The van der Waals surface area contributed by atoms with Crippen LogP contribution in [0.1, 0.15) is 15.9 Å². The van der Waals surface area contributed by atoms with Crippen LogP contribution in [0.5, 0.6) is 5.75 Å². The lowest BCUT2D eigenvalue weighted by atomic mass is 10.0. The van der Waals surface area contributed by atoms with Gasteiger partial charge in [0, 0.05) is 21.9 Å². The third kappa shape index (κ3) is 3.59. The molecule has 0 saturated heterocycles. The summed E-state index contributed by atoms with van der Waals surface area (Å²) in [7, 11) is 1.61. The van der Waals surface area contributed by atoms with Crippen molar-refractivity contribution in [3.05, 3.63) is 102 Å². The molecular formula is C27H19F2N2O2. The molecule has 5 rings (SSSR count). The lowest BCUT2D eigenvalue weighted by Gasteiger charge is -2.10. The molecule has 0 aliphatic carbocycles. The molecule has 1 amide bonds. The van der Waals surface area contributed by atoms with Gasteiger partial charge in [-0.3, -0.25) is 4.79 Å². The quantitative estimate of drug-likeness (QED) is 0.381. The number of nitrogens with zero attached hydrogens (tertiary/aromatic N) is 1. The van der Waals surface area contributed by atoms with E-state index >= 15 is 0 Å². The highest BCUT2D eigenvalue weighted by molar-refractivity contribution is 6.18. The van der Waals surface area contributed by atoms with Crippen molar-refractivity contribution in [3.63, 3.8) is 0 Å². The van der Waals surface area contributed by atoms with Crippen LogP contribution in [0.3, 0.4) is 0 Å². The Morgan fingerprint density at radius 2 is 1.79 bits per heavy atom. The predicted molar refractivity (Wildman–Crippen MR) is 124 cm³/mol. The number of amides is 1.